The minimum absolute atomic E-state index is 0. The Hall–Kier alpha value is -2.49. The van der Waals surface area contributed by atoms with Crippen LogP contribution in [0.2, 0.25) is 39.3 Å². The molecule has 8 heteroatoms. The molecule has 0 spiro atoms. The molecule has 1 radical (unpaired) electrons. The summed E-state index contributed by atoms with van der Waals surface area (Å²) < 4.78 is 19.4. The summed E-state index contributed by atoms with van der Waals surface area (Å²) in [6.07, 6.45) is 7.33. The number of alkyl halides is 1. The van der Waals surface area contributed by atoms with Gasteiger partial charge in [0.25, 0.3) is 0 Å². The molecule has 0 fully saturated rings. The van der Waals surface area contributed by atoms with Gasteiger partial charge in [-0.1, -0.05) is 128 Å². The van der Waals surface area contributed by atoms with Crippen molar-refractivity contribution in [2.75, 3.05) is 0 Å². The largest absolute Gasteiger partial charge is 0.512 e. The molecule has 53 heavy (non-hydrogen) atoms. The van der Waals surface area contributed by atoms with E-state index in [-0.39, 0.29) is 43.5 Å². The number of halogens is 1. The van der Waals surface area contributed by atoms with Gasteiger partial charge in [-0.15, -0.1) is 40.5 Å². The Bertz CT molecular complexity index is 2020. The number of carbonyl (C=O) groups is 1. The van der Waals surface area contributed by atoms with E-state index in [1.54, 1.807) is 11.3 Å². The molecule has 0 aliphatic heterocycles. The summed E-state index contributed by atoms with van der Waals surface area (Å²) in [6, 6.07) is 23.0. The van der Waals surface area contributed by atoms with Crippen molar-refractivity contribution in [2.24, 2.45) is 11.8 Å². The van der Waals surface area contributed by atoms with Crippen LogP contribution in [-0.4, -0.2) is 36.9 Å². The number of hydrogen-bond acceptors (Lipinski definition) is 4. The number of rotatable bonds is 13. The second-order valence-corrected chi connectivity index (χ2v) is 28.9. The van der Waals surface area contributed by atoms with Gasteiger partial charge in [0.15, 0.2) is 5.78 Å². The molecule has 0 saturated heterocycles. The van der Waals surface area contributed by atoms with E-state index in [9.17, 15) is 9.90 Å². The van der Waals surface area contributed by atoms with E-state index in [1.165, 1.54) is 32.5 Å². The van der Waals surface area contributed by atoms with Gasteiger partial charge < -0.3 is 5.11 Å². The predicted molar refractivity (Wildman–Crippen MR) is 231 cm³/mol. The van der Waals surface area contributed by atoms with Gasteiger partial charge in [-0.2, -0.15) is 0 Å². The fourth-order valence-corrected chi connectivity index (χ4v) is 19.4. The van der Waals surface area contributed by atoms with Crippen molar-refractivity contribution in [3.63, 3.8) is 0 Å². The topological polar surface area (TPSA) is 50.2 Å². The Morgan fingerprint density at radius 1 is 0.849 bits per heavy atom. The number of nitrogens with zero attached hydrogens (tertiary/aromatic N) is 1. The zero-order valence-corrected chi connectivity index (χ0v) is 39.3. The summed E-state index contributed by atoms with van der Waals surface area (Å²) in [4.78, 5) is 15.5. The molecule has 0 bridgehead atoms. The van der Waals surface area contributed by atoms with Crippen molar-refractivity contribution in [3.8, 4) is 11.3 Å². The van der Waals surface area contributed by atoms with Crippen LogP contribution in [0.5, 0.6) is 0 Å². The Morgan fingerprint density at radius 3 is 1.98 bits per heavy atom. The van der Waals surface area contributed by atoms with Gasteiger partial charge in [0.2, 0.25) is 0 Å². The summed E-state index contributed by atoms with van der Waals surface area (Å²) >= 11 is 1.77. The first-order valence-corrected chi connectivity index (χ1v) is 27.1. The maximum atomic E-state index is 17.0. The average Bonchev–Trinajstić information content (AvgIpc) is 3.48. The van der Waals surface area contributed by atoms with Gasteiger partial charge in [0.1, 0.15) is 0 Å². The molecule has 0 atom stereocenters. The van der Waals surface area contributed by atoms with Crippen molar-refractivity contribution in [3.05, 3.63) is 89.8 Å². The van der Waals surface area contributed by atoms with E-state index < -0.39 is 21.1 Å². The molecule has 5 aromatic rings. The second kappa shape index (κ2) is 18.4. The molecule has 2 heterocycles. The van der Waals surface area contributed by atoms with Crippen LogP contribution in [0.3, 0.4) is 0 Å². The summed E-state index contributed by atoms with van der Waals surface area (Å²) in [6.45, 7) is 25.7. The summed E-state index contributed by atoms with van der Waals surface area (Å²) in [5.41, 5.74) is 4.46. The number of benzene rings is 3. The molecular formula is C45H61FIrNO2SSi2-. The number of carbonyl (C=O) groups excluding carboxylic acids is 1. The third-order valence-electron chi connectivity index (χ3n) is 11.1. The average molecular weight is 947 g/mol. The normalized spacial score (nSPS) is 12.9. The third kappa shape index (κ3) is 9.67. The first-order valence-electron chi connectivity index (χ1n) is 19.3. The number of hydrogen-bond donors (Lipinski definition) is 1. The van der Waals surface area contributed by atoms with Crippen LogP contribution >= 0.6 is 11.3 Å². The van der Waals surface area contributed by atoms with Gasteiger partial charge in [-0.05, 0) is 48.6 Å². The van der Waals surface area contributed by atoms with Crippen LogP contribution in [-0.2, 0) is 31.3 Å². The molecule has 0 unspecified atom stereocenters. The zero-order chi connectivity index (χ0) is 38.6. The van der Waals surface area contributed by atoms with Crippen LogP contribution in [0, 0.1) is 17.9 Å². The smallest absolute Gasteiger partial charge is 0.162 e. The van der Waals surface area contributed by atoms with E-state index in [4.69, 9.17) is 4.98 Å². The van der Waals surface area contributed by atoms with Crippen LogP contribution in [0.15, 0.2) is 72.6 Å². The second-order valence-electron chi connectivity index (χ2n) is 16.7. The van der Waals surface area contributed by atoms with E-state index in [0.29, 0.717) is 12.3 Å². The predicted octanol–water partition coefficient (Wildman–Crippen LogP) is 14.1. The zero-order valence-electron chi connectivity index (χ0n) is 34.0. The number of thiophene rings is 1. The van der Waals surface area contributed by atoms with Crippen LogP contribution in [0.25, 0.3) is 42.2 Å². The van der Waals surface area contributed by atoms with Crippen molar-refractivity contribution in [2.45, 2.75) is 124 Å². The van der Waals surface area contributed by atoms with Crippen molar-refractivity contribution in [1.29, 1.82) is 0 Å². The molecule has 5 rings (SSSR count). The van der Waals surface area contributed by atoms with E-state index in [0.717, 1.165) is 52.6 Å². The number of ketones is 1. The quantitative estimate of drug-likeness (QED) is 0.0554. The molecule has 3 aromatic carbocycles. The number of aromatic nitrogens is 1. The maximum absolute atomic E-state index is 17.0. The number of aliphatic hydroxyl groups is 1. The molecule has 1 N–H and O–H groups in total. The third-order valence-corrected chi connectivity index (χ3v) is 22.0. The van der Waals surface area contributed by atoms with Crippen molar-refractivity contribution < 1.29 is 34.4 Å². The Kier molecular flexibility index (Phi) is 15.6. The summed E-state index contributed by atoms with van der Waals surface area (Å²) in [7, 11) is -4.16. The fourth-order valence-electron chi connectivity index (χ4n) is 7.67. The monoisotopic (exact) mass is 947 g/mol. The van der Waals surface area contributed by atoms with Gasteiger partial charge in [0.05, 0.1) is 26.8 Å². The SMILES string of the molecule is CC(C)c1cc(-c2nccc3c2sc2c(CC(F)([Si](C)(C)C)[Si](C)(C)C)cccc23)[c-]c2ccccc12.CCC(CC)C(=O)/C=C(\O)C(CC)CC.[Ir]. The minimum Gasteiger partial charge on any atom is -0.512 e. The number of pyridine rings is 1. The van der Waals surface area contributed by atoms with Gasteiger partial charge in [-0.25, -0.2) is 0 Å². The Labute approximate surface area is 338 Å². The Balaban J connectivity index is 0.000000403. The fraction of sp³-hybridized carbons (Fsp3) is 0.467. The van der Waals surface area contributed by atoms with Gasteiger partial charge in [0, 0.05) is 71.1 Å². The maximum Gasteiger partial charge on any atom is 0.162 e. The molecule has 0 amide bonds. The standard InChI is InChI=1S/C32H37FNSSi2.C13H24O2.Ir/c1-21(2)28-19-24(18-22-12-9-10-14-25(22)28)29-31-27(16-17-34-29)26-15-11-13-23(30(26)35-31)20-32(33,36(3,4)5)37(6,7)8;1-5-10(6-2)12(14)9-13(15)11(7-3)8-4;/h9-17,19,21H,20H2,1-8H3;9-11,14H,5-8H2,1-4H3;/q-1;;/b;12-9-;. The van der Waals surface area contributed by atoms with Crippen molar-refractivity contribution >= 4 is 64.2 Å². The first kappa shape index (κ1) is 44.9. The van der Waals surface area contributed by atoms with Crippen LogP contribution in [0.4, 0.5) is 4.39 Å². The number of allylic oxidation sites excluding steroid dienone is 2. The summed E-state index contributed by atoms with van der Waals surface area (Å²) in [5.74, 6) is 0.943. The van der Waals surface area contributed by atoms with Gasteiger partial charge in [-0.3, -0.25) is 14.2 Å². The molecule has 289 valence electrons. The summed E-state index contributed by atoms with van der Waals surface area (Å²) in [5, 5.41) is 14.5. The van der Waals surface area contributed by atoms with Crippen LogP contribution in [0.1, 0.15) is 84.3 Å². The number of fused-ring (bicyclic) bond motifs is 4. The molecular weight excluding hydrogens is 886 g/mol. The molecule has 0 saturated carbocycles. The van der Waals surface area contributed by atoms with Gasteiger partial charge >= 0.3 is 0 Å². The minimum atomic E-state index is -2.08. The van der Waals surface area contributed by atoms with Crippen molar-refractivity contribution in [1.82, 2.24) is 4.98 Å². The number of aliphatic hydroxyl groups excluding tert-OH is 1. The molecule has 2 aromatic heterocycles. The first-order chi connectivity index (χ1) is 24.4. The molecule has 3 nitrogen and oxygen atoms in total. The van der Waals surface area contributed by atoms with E-state index in [2.05, 4.69) is 114 Å². The Morgan fingerprint density at radius 2 is 1.42 bits per heavy atom. The van der Waals surface area contributed by atoms with E-state index >= 15 is 4.39 Å². The van der Waals surface area contributed by atoms with E-state index in [1.807, 2.05) is 33.9 Å². The molecule has 0 aliphatic rings. The van der Waals surface area contributed by atoms with Crippen LogP contribution < -0.4 is 0 Å². The molecule has 0 aliphatic carbocycles.